The Kier molecular flexibility index (Phi) is 6.24. The third-order valence-electron chi connectivity index (χ3n) is 2.37. The molecular weight excluding hydrogens is 301 g/mol. The van der Waals surface area contributed by atoms with Crippen LogP contribution in [0.15, 0.2) is 12.4 Å². The van der Waals surface area contributed by atoms with Gasteiger partial charge in [0.2, 0.25) is 0 Å². The molecule has 3 nitrogen and oxygen atoms in total. The fourth-order valence-electron chi connectivity index (χ4n) is 1.62. The van der Waals surface area contributed by atoms with Crippen molar-refractivity contribution in [1.82, 2.24) is 15.1 Å². The van der Waals surface area contributed by atoms with E-state index >= 15 is 0 Å². The molecule has 1 unspecified atom stereocenters. The lowest BCUT2D eigenvalue weighted by atomic mass is 10.1. The van der Waals surface area contributed by atoms with Gasteiger partial charge in [-0.1, -0.05) is 20.3 Å². The molecule has 0 aliphatic rings. The van der Waals surface area contributed by atoms with Gasteiger partial charge in [0.1, 0.15) is 0 Å². The molecule has 1 N–H and O–H groups in total. The molecule has 0 aliphatic carbocycles. The second kappa shape index (κ2) is 7.22. The van der Waals surface area contributed by atoms with E-state index in [1.165, 1.54) is 22.8 Å². The minimum absolute atomic E-state index is 0.505. The zero-order chi connectivity index (χ0) is 11.1. The van der Waals surface area contributed by atoms with E-state index in [1.807, 2.05) is 6.20 Å². The summed E-state index contributed by atoms with van der Waals surface area (Å²) in [6.07, 6.45) is 7.62. The van der Waals surface area contributed by atoms with Crippen molar-refractivity contribution in [2.24, 2.45) is 0 Å². The molecule has 1 aromatic heterocycles. The molecule has 1 atom stereocenters. The molecule has 0 amide bonds. The highest BCUT2D eigenvalue weighted by Crippen LogP contribution is 2.13. The minimum Gasteiger partial charge on any atom is -0.315 e. The number of aromatic nitrogens is 2. The standard InChI is InChI=1S/C11H20IN3/c1-3-5-11(8-13-6-4-2)15-9-10(12)7-14-15/h7,9,11,13H,3-6,8H2,1-2H3. The molecule has 86 valence electrons. The largest absolute Gasteiger partial charge is 0.315 e. The van der Waals surface area contributed by atoms with E-state index < -0.39 is 0 Å². The van der Waals surface area contributed by atoms with Crippen molar-refractivity contribution >= 4 is 22.6 Å². The summed E-state index contributed by atoms with van der Waals surface area (Å²) in [5.74, 6) is 0. The summed E-state index contributed by atoms with van der Waals surface area (Å²) in [6, 6.07) is 0.505. The van der Waals surface area contributed by atoms with Crippen LogP contribution in [0.3, 0.4) is 0 Å². The first kappa shape index (κ1) is 13.0. The fraction of sp³-hybridized carbons (Fsp3) is 0.727. The highest BCUT2D eigenvalue weighted by atomic mass is 127. The normalized spacial score (nSPS) is 13.0. The maximum atomic E-state index is 4.38. The van der Waals surface area contributed by atoms with Crippen LogP contribution in [0.2, 0.25) is 0 Å². The van der Waals surface area contributed by atoms with Gasteiger partial charge in [0.25, 0.3) is 0 Å². The molecule has 0 saturated heterocycles. The number of nitrogens with one attached hydrogen (secondary N) is 1. The lowest BCUT2D eigenvalue weighted by molar-refractivity contribution is 0.396. The molecule has 0 aliphatic heterocycles. The Morgan fingerprint density at radius 1 is 1.47 bits per heavy atom. The fourth-order valence-corrected chi connectivity index (χ4v) is 2.03. The first-order chi connectivity index (χ1) is 7.27. The van der Waals surface area contributed by atoms with E-state index in [2.05, 4.69) is 57.7 Å². The van der Waals surface area contributed by atoms with Gasteiger partial charge in [0, 0.05) is 12.7 Å². The zero-order valence-corrected chi connectivity index (χ0v) is 11.7. The number of rotatable bonds is 7. The van der Waals surface area contributed by atoms with E-state index in [-0.39, 0.29) is 0 Å². The van der Waals surface area contributed by atoms with Crippen LogP contribution in [0, 0.1) is 3.57 Å². The number of nitrogens with zero attached hydrogens (tertiary/aromatic N) is 2. The maximum Gasteiger partial charge on any atom is 0.0643 e. The highest BCUT2D eigenvalue weighted by molar-refractivity contribution is 14.1. The molecule has 0 radical (unpaired) electrons. The highest BCUT2D eigenvalue weighted by Gasteiger charge is 2.10. The van der Waals surface area contributed by atoms with E-state index in [9.17, 15) is 0 Å². The molecule has 0 saturated carbocycles. The molecule has 1 heterocycles. The SMILES string of the molecule is CCCNCC(CCC)n1cc(I)cn1. The Bertz CT molecular complexity index is 273. The van der Waals surface area contributed by atoms with Gasteiger partial charge in [-0.3, -0.25) is 4.68 Å². The van der Waals surface area contributed by atoms with Gasteiger partial charge >= 0.3 is 0 Å². The Balaban J connectivity index is 2.49. The Hall–Kier alpha value is -0.100. The van der Waals surface area contributed by atoms with Gasteiger partial charge in [-0.05, 0) is 42.0 Å². The van der Waals surface area contributed by atoms with Crippen LogP contribution < -0.4 is 5.32 Å². The van der Waals surface area contributed by atoms with Gasteiger partial charge in [-0.15, -0.1) is 0 Å². The first-order valence-corrected chi connectivity index (χ1v) is 6.76. The van der Waals surface area contributed by atoms with Crippen LogP contribution in [-0.4, -0.2) is 22.9 Å². The summed E-state index contributed by atoms with van der Waals surface area (Å²) in [5.41, 5.74) is 0. The zero-order valence-electron chi connectivity index (χ0n) is 9.54. The summed E-state index contributed by atoms with van der Waals surface area (Å²) in [5, 5.41) is 7.85. The molecule has 15 heavy (non-hydrogen) atoms. The van der Waals surface area contributed by atoms with E-state index in [0.29, 0.717) is 6.04 Å². The van der Waals surface area contributed by atoms with Crippen molar-refractivity contribution in [2.75, 3.05) is 13.1 Å². The average molecular weight is 321 g/mol. The predicted octanol–water partition coefficient (Wildman–Crippen LogP) is 2.83. The van der Waals surface area contributed by atoms with Crippen molar-refractivity contribution < 1.29 is 0 Å². The second-order valence-electron chi connectivity index (χ2n) is 3.79. The maximum absolute atomic E-state index is 4.38. The number of halogens is 1. The minimum atomic E-state index is 0.505. The van der Waals surface area contributed by atoms with E-state index in [4.69, 9.17) is 0 Å². The number of hydrogen-bond acceptors (Lipinski definition) is 2. The van der Waals surface area contributed by atoms with Crippen molar-refractivity contribution in [1.29, 1.82) is 0 Å². The van der Waals surface area contributed by atoms with Gasteiger partial charge < -0.3 is 5.32 Å². The Morgan fingerprint density at radius 2 is 2.27 bits per heavy atom. The molecule has 0 fully saturated rings. The van der Waals surface area contributed by atoms with Crippen molar-refractivity contribution in [3.8, 4) is 0 Å². The van der Waals surface area contributed by atoms with Crippen LogP contribution >= 0.6 is 22.6 Å². The van der Waals surface area contributed by atoms with Crippen molar-refractivity contribution in [2.45, 2.75) is 39.2 Å². The van der Waals surface area contributed by atoms with Crippen LogP contribution in [-0.2, 0) is 0 Å². The van der Waals surface area contributed by atoms with Crippen LogP contribution in [0.1, 0.15) is 39.2 Å². The summed E-state index contributed by atoms with van der Waals surface area (Å²) in [6.45, 7) is 6.54. The van der Waals surface area contributed by atoms with Crippen LogP contribution in [0.5, 0.6) is 0 Å². The number of hydrogen-bond donors (Lipinski definition) is 1. The third kappa shape index (κ3) is 4.51. The van der Waals surface area contributed by atoms with Crippen LogP contribution in [0.25, 0.3) is 0 Å². The van der Waals surface area contributed by atoms with Crippen LogP contribution in [0.4, 0.5) is 0 Å². The second-order valence-corrected chi connectivity index (χ2v) is 5.03. The summed E-state index contributed by atoms with van der Waals surface area (Å²) in [7, 11) is 0. The van der Waals surface area contributed by atoms with Crippen molar-refractivity contribution in [3.63, 3.8) is 0 Å². The van der Waals surface area contributed by atoms with Gasteiger partial charge in [0.05, 0.1) is 15.8 Å². The summed E-state index contributed by atoms with van der Waals surface area (Å²) in [4.78, 5) is 0. The first-order valence-electron chi connectivity index (χ1n) is 5.68. The Morgan fingerprint density at radius 3 is 2.80 bits per heavy atom. The molecule has 4 heteroatoms. The lowest BCUT2D eigenvalue weighted by Gasteiger charge is -2.17. The van der Waals surface area contributed by atoms with Gasteiger partial charge in [-0.25, -0.2) is 0 Å². The third-order valence-corrected chi connectivity index (χ3v) is 2.93. The molecule has 1 rings (SSSR count). The van der Waals surface area contributed by atoms with Gasteiger partial charge in [-0.2, -0.15) is 5.10 Å². The van der Waals surface area contributed by atoms with Crippen molar-refractivity contribution in [3.05, 3.63) is 16.0 Å². The predicted molar refractivity (Wildman–Crippen MR) is 72.0 cm³/mol. The lowest BCUT2D eigenvalue weighted by Crippen LogP contribution is -2.26. The molecular formula is C11H20IN3. The monoisotopic (exact) mass is 321 g/mol. The molecule has 0 aromatic carbocycles. The Labute approximate surface area is 106 Å². The average Bonchev–Trinajstić information content (AvgIpc) is 2.64. The smallest absolute Gasteiger partial charge is 0.0643 e. The van der Waals surface area contributed by atoms with E-state index in [0.717, 1.165) is 13.1 Å². The summed E-state index contributed by atoms with van der Waals surface area (Å²) >= 11 is 2.30. The topological polar surface area (TPSA) is 29.9 Å². The summed E-state index contributed by atoms with van der Waals surface area (Å²) < 4.78 is 3.30. The van der Waals surface area contributed by atoms with E-state index in [1.54, 1.807) is 0 Å². The molecule has 1 aromatic rings. The quantitative estimate of drug-likeness (QED) is 0.618. The van der Waals surface area contributed by atoms with Gasteiger partial charge in [0.15, 0.2) is 0 Å². The molecule has 0 spiro atoms. The molecule has 0 bridgehead atoms.